The summed E-state index contributed by atoms with van der Waals surface area (Å²) in [4.78, 5) is 18.1. The standard InChI is InChI=1S/C13H15N3O4S/c17-11(18)3-4-16-5-6-19-8-9(16)13-14-12(15-20-13)10-2-1-7-21-10/h1-2,7,9H,3-6,8H2,(H,17,18). The smallest absolute Gasteiger partial charge is 0.304 e. The predicted molar refractivity (Wildman–Crippen MR) is 75.0 cm³/mol. The third-order valence-corrected chi connectivity index (χ3v) is 4.19. The van der Waals surface area contributed by atoms with Crippen molar-refractivity contribution in [3.63, 3.8) is 0 Å². The number of morpholine rings is 1. The number of carboxylic acid groups (broad SMARTS) is 1. The van der Waals surface area contributed by atoms with Crippen LogP contribution in [-0.2, 0) is 9.53 Å². The average Bonchev–Trinajstić information content (AvgIpc) is 3.16. The molecule has 0 saturated carbocycles. The Morgan fingerprint density at radius 3 is 3.24 bits per heavy atom. The first-order valence-electron chi connectivity index (χ1n) is 6.65. The van der Waals surface area contributed by atoms with Crippen molar-refractivity contribution >= 4 is 17.3 Å². The first-order valence-corrected chi connectivity index (χ1v) is 7.53. The number of ether oxygens (including phenoxy) is 1. The summed E-state index contributed by atoms with van der Waals surface area (Å²) in [5, 5.41) is 14.8. The van der Waals surface area contributed by atoms with E-state index in [1.165, 1.54) is 0 Å². The molecule has 21 heavy (non-hydrogen) atoms. The second-order valence-electron chi connectivity index (χ2n) is 4.70. The van der Waals surface area contributed by atoms with Crippen LogP contribution in [-0.4, -0.2) is 52.4 Å². The van der Waals surface area contributed by atoms with E-state index in [4.69, 9.17) is 14.4 Å². The molecule has 3 heterocycles. The third-order valence-electron chi connectivity index (χ3n) is 3.32. The van der Waals surface area contributed by atoms with E-state index in [0.29, 0.717) is 38.0 Å². The Hall–Kier alpha value is -1.77. The molecule has 0 aliphatic carbocycles. The van der Waals surface area contributed by atoms with E-state index >= 15 is 0 Å². The molecule has 1 aliphatic heterocycles. The van der Waals surface area contributed by atoms with Crippen molar-refractivity contribution in [1.29, 1.82) is 0 Å². The number of aliphatic carboxylic acids is 1. The molecule has 112 valence electrons. The Bertz CT molecular complexity index is 598. The quantitative estimate of drug-likeness (QED) is 0.898. The van der Waals surface area contributed by atoms with Gasteiger partial charge in [-0.2, -0.15) is 4.98 Å². The van der Waals surface area contributed by atoms with Gasteiger partial charge in [0.1, 0.15) is 6.04 Å². The fourth-order valence-corrected chi connectivity index (χ4v) is 2.90. The van der Waals surface area contributed by atoms with Crippen molar-refractivity contribution in [2.24, 2.45) is 0 Å². The average molecular weight is 309 g/mol. The van der Waals surface area contributed by atoms with Crippen molar-refractivity contribution in [2.45, 2.75) is 12.5 Å². The summed E-state index contributed by atoms with van der Waals surface area (Å²) >= 11 is 1.54. The third kappa shape index (κ3) is 3.29. The van der Waals surface area contributed by atoms with Gasteiger partial charge in [0.15, 0.2) is 0 Å². The summed E-state index contributed by atoms with van der Waals surface area (Å²) in [6.45, 7) is 2.13. The number of hydrogen-bond donors (Lipinski definition) is 1. The van der Waals surface area contributed by atoms with Gasteiger partial charge in [-0.1, -0.05) is 11.2 Å². The topological polar surface area (TPSA) is 88.7 Å². The summed E-state index contributed by atoms with van der Waals surface area (Å²) in [6.07, 6.45) is 0.0857. The maximum absolute atomic E-state index is 10.7. The molecule has 1 N–H and O–H groups in total. The van der Waals surface area contributed by atoms with E-state index in [1.807, 2.05) is 22.4 Å². The number of aromatic nitrogens is 2. The summed E-state index contributed by atoms with van der Waals surface area (Å²) in [7, 11) is 0. The van der Waals surface area contributed by atoms with Gasteiger partial charge in [-0.05, 0) is 11.4 Å². The zero-order chi connectivity index (χ0) is 14.7. The number of nitrogens with zero attached hydrogens (tertiary/aromatic N) is 3. The highest BCUT2D eigenvalue weighted by atomic mass is 32.1. The molecule has 1 aliphatic rings. The Kier molecular flexibility index (Phi) is 4.28. The molecule has 7 nitrogen and oxygen atoms in total. The lowest BCUT2D eigenvalue weighted by atomic mass is 10.2. The van der Waals surface area contributed by atoms with Crippen LogP contribution in [0.4, 0.5) is 0 Å². The Morgan fingerprint density at radius 2 is 2.48 bits per heavy atom. The van der Waals surface area contributed by atoms with Crippen LogP contribution in [0.2, 0.25) is 0 Å². The Morgan fingerprint density at radius 1 is 1.57 bits per heavy atom. The molecule has 1 saturated heterocycles. The first-order chi connectivity index (χ1) is 10.2. The summed E-state index contributed by atoms with van der Waals surface area (Å²) < 4.78 is 10.8. The fourth-order valence-electron chi connectivity index (χ4n) is 2.25. The van der Waals surface area contributed by atoms with Crippen molar-refractivity contribution in [1.82, 2.24) is 15.0 Å². The van der Waals surface area contributed by atoms with E-state index in [-0.39, 0.29) is 12.5 Å². The van der Waals surface area contributed by atoms with E-state index in [1.54, 1.807) is 11.3 Å². The molecule has 2 aromatic heterocycles. The number of carbonyl (C=O) groups is 1. The van der Waals surface area contributed by atoms with Crippen molar-refractivity contribution in [3.05, 3.63) is 23.4 Å². The molecule has 3 rings (SSSR count). The summed E-state index contributed by atoms with van der Waals surface area (Å²) in [5.74, 6) is 0.220. The van der Waals surface area contributed by atoms with Gasteiger partial charge in [-0.3, -0.25) is 9.69 Å². The molecule has 0 aromatic carbocycles. The molecule has 2 aromatic rings. The summed E-state index contributed by atoms with van der Waals surface area (Å²) in [6, 6.07) is 3.68. The van der Waals surface area contributed by atoms with Crippen LogP contribution in [0.25, 0.3) is 10.7 Å². The van der Waals surface area contributed by atoms with E-state index in [9.17, 15) is 4.79 Å². The lowest BCUT2D eigenvalue weighted by Crippen LogP contribution is -2.40. The van der Waals surface area contributed by atoms with Crippen molar-refractivity contribution < 1.29 is 19.2 Å². The highest BCUT2D eigenvalue weighted by molar-refractivity contribution is 7.13. The molecule has 1 atom stereocenters. The van der Waals surface area contributed by atoms with Gasteiger partial charge in [0, 0.05) is 13.1 Å². The van der Waals surface area contributed by atoms with E-state index in [0.717, 1.165) is 4.88 Å². The van der Waals surface area contributed by atoms with Gasteiger partial charge in [0.25, 0.3) is 0 Å². The van der Waals surface area contributed by atoms with Gasteiger partial charge in [0.05, 0.1) is 24.5 Å². The van der Waals surface area contributed by atoms with Crippen LogP contribution in [0.15, 0.2) is 22.0 Å². The van der Waals surface area contributed by atoms with Gasteiger partial charge in [0.2, 0.25) is 11.7 Å². The molecule has 0 amide bonds. The highest BCUT2D eigenvalue weighted by Crippen LogP contribution is 2.27. The van der Waals surface area contributed by atoms with Crippen LogP contribution < -0.4 is 0 Å². The SMILES string of the molecule is O=C(O)CCN1CCOCC1c1nc(-c2cccs2)no1. The minimum atomic E-state index is -0.815. The Balaban J connectivity index is 1.75. The van der Waals surface area contributed by atoms with Crippen LogP contribution in [0, 0.1) is 0 Å². The van der Waals surface area contributed by atoms with Crippen LogP contribution in [0.1, 0.15) is 18.4 Å². The molecular weight excluding hydrogens is 294 g/mol. The monoisotopic (exact) mass is 309 g/mol. The van der Waals surface area contributed by atoms with Crippen LogP contribution in [0.5, 0.6) is 0 Å². The Labute approximate surface area is 125 Å². The van der Waals surface area contributed by atoms with Crippen molar-refractivity contribution in [3.8, 4) is 10.7 Å². The van der Waals surface area contributed by atoms with Gasteiger partial charge >= 0.3 is 5.97 Å². The van der Waals surface area contributed by atoms with Gasteiger partial charge < -0.3 is 14.4 Å². The highest BCUT2D eigenvalue weighted by Gasteiger charge is 2.29. The number of rotatable bonds is 5. The zero-order valence-corrected chi connectivity index (χ0v) is 12.1. The lowest BCUT2D eigenvalue weighted by Gasteiger charge is -2.32. The van der Waals surface area contributed by atoms with Gasteiger partial charge in [-0.15, -0.1) is 11.3 Å². The summed E-state index contributed by atoms with van der Waals surface area (Å²) in [5.41, 5.74) is 0. The second kappa shape index (κ2) is 6.33. The normalized spacial score (nSPS) is 19.7. The number of carboxylic acids is 1. The van der Waals surface area contributed by atoms with Crippen LogP contribution in [0.3, 0.4) is 0 Å². The maximum atomic E-state index is 10.7. The molecule has 1 unspecified atom stereocenters. The number of thiophene rings is 1. The number of hydrogen-bond acceptors (Lipinski definition) is 7. The largest absolute Gasteiger partial charge is 0.481 e. The predicted octanol–water partition coefficient (Wildman–Crippen LogP) is 1.65. The second-order valence-corrected chi connectivity index (χ2v) is 5.65. The minimum Gasteiger partial charge on any atom is -0.481 e. The molecule has 0 bridgehead atoms. The molecule has 1 fully saturated rings. The van der Waals surface area contributed by atoms with Crippen molar-refractivity contribution in [2.75, 3.05) is 26.3 Å². The molecule has 0 radical (unpaired) electrons. The molecule has 8 heteroatoms. The lowest BCUT2D eigenvalue weighted by molar-refractivity contribution is -0.138. The zero-order valence-electron chi connectivity index (χ0n) is 11.3. The van der Waals surface area contributed by atoms with Crippen LogP contribution >= 0.6 is 11.3 Å². The molecule has 0 spiro atoms. The van der Waals surface area contributed by atoms with E-state index < -0.39 is 5.97 Å². The van der Waals surface area contributed by atoms with E-state index in [2.05, 4.69) is 10.1 Å². The molecular formula is C13H15N3O4S. The van der Waals surface area contributed by atoms with Gasteiger partial charge in [-0.25, -0.2) is 0 Å². The maximum Gasteiger partial charge on any atom is 0.304 e. The minimum absolute atomic E-state index is 0.0857. The first kappa shape index (κ1) is 14.2. The fraction of sp³-hybridized carbons (Fsp3) is 0.462.